The Hall–Kier alpha value is -0.930. The number of benzene rings is 1. The maximum Gasteiger partial charge on any atom is 0.123 e. The lowest BCUT2D eigenvalue weighted by Gasteiger charge is -2.23. The van der Waals surface area contributed by atoms with Crippen molar-refractivity contribution in [3.63, 3.8) is 0 Å². The molecule has 1 aliphatic carbocycles. The molecule has 1 N–H and O–H groups in total. The van der Waals surface area contributed by atoms with Gasteiger partial charge in [-0.05, 0) is 42.0 Å². The number of aliphatic hydroxyl groups is 1. The molecule has 0 amide bonds. The van der Waals surface area contributed by atoms with Crippen molar-refractivity contribution in [3.05, 3.63) is 35.0 Å². The fourth-order valence-electron chi connectivity index (χ4n) is 3.05. The molecule has 1 aromatic heterocycles. The van der Waals surface area contributed by atoms with Crippen LogP contribution < -0.4 is 0 Å². The van der Waals surface area contributed by atoms with Crippen molar-refractivity contribution in [3.8, 4) is 0 Å². The summed E-state index contributed by atoms with van der Waals surface area (Å²) in [5, 5.41) is 11.3. The second-order valence-corrected chi connectivity index (χ2v) is 6.70. The van der Waals surface area contributed by atoms with E-state index < -0.39 is 0 Å². The van der Waals surface area contributed by atoms with Gasteiger partial charge in [0.05, 0.1) is 6.10 Å². The van der Waals surface area contributed by atoms with E-state index in [1.165, 1.54) is 38.2 Å². The van der Waals surface area contributed by atoms with Gasteiger partial charge in [-0.2, -0.15) is 0 Å². The van der Waals surface area contributed by atoms with Crippen LogP contribution in [0.4, 0.5) is 4.39 Å². The summed E-state index contributed by atoms with van der Waals surface area (Å²) in [4.78, 5) is 0.978. The number of halogens is 1. The van der Waals surface area contributed by atoms with Crippen LogP contribution in [0.2, 0.25) is 0 Å². The maximum atomic E-state index is 13.2. The van der Waals surface area contributed by atoms with Crippen LogP contribution >= 0.6 is 11.3 Å². The molecule has 3 rings (SSSR count). The number of rotatable bonds is 3. The monoisotopic (exact) mass is 278 g/mol. The van der Waals surface area contributed by atoms with Gasteiger partial charge in [0.2, 0.25) is 0 Å². The second kappa shape index (κ2) is 5.59. The van der Waals surface area contributed by atoms with E-state index in [0.717, 1.165) is 21.4 Å². The first kappa shape index (κ1) is 13.1. The minimum Gasteiger partial charge on any atom is -0.388 e. The summed E-state index contributed by atoms with van der Waals surface area (Å²) in [6.07, 6.45) is 6.91. The molecule has 1 saturated carbocycles. The minimum absolute atomic E-state index is 0.210. The molecule has 0 aliphatic heterocycles. The van der Waals surface area contributed by atoms with Crippen LogP contribution in [0.1, 0.15) is 49.5 Å². The van der Waals surface area contributed by atoms with Crippen molar-refractivity contribution in [1.29, 1.82) is 0 Å². The Morgan fingerprint density at radius 1 is 1.21 bits per heavy atom. The lowest BCUT2D eigenvalue weighted by atomic mass is 9.85. The average Bonchev–Trinajstić information content (AvgIpc) is 2.83. The molecule has 1 nitrogen and oxygen atoms in total. The summed E-state index contributed by atoms with van der Waals surface area (Å²) < 4.78 is 14.2. The van der Waals surface area contributed by atoms with Gasteiger partial charge < -0.3 is 5.11 Å². The van der Waals surface area contributed by atoms with E-state index in [2.05, 4.69) is 0 Å². The lowest BCUT2D eigenvalue weighted by molar-refractivity contribution is 0.134. The highest BCUT2D eigenvalue weighted by Crippen LogP contribution is 2.36. The van der Waals surface area contributed by atoms with Gasteiger partial charge in [-0.1, -0.05) is 32.1 Å². The molecular formula is C16H19FOS. The van der Waals surface area contributed by atoms with Crippen LogP contribution in [0.5, 0.6) is 0 Å². The van der Waals surface area contributed by atoms with Crippen LogP contribution in [0.3, 0.4) is 0 Å². The molecule has 1 atom stereocenters. The summed E-state index contributed by atoms with van der Waals surface area (Å²) in [7, 11) is 0. The Morgan fingerprint density at radius 3 is 2.79 bits per heavy atom. The molecule has 0 spiro atoms. The summed E-state index contributed by atoms with van der Waals surface area (Å²) in [5.41, 5.74) is 0. The minimum atomic E-state index is -0.386. The third kappa shape index (κ3) is 2.98. The first-order valence-electron chi connectivity index (χ1n) is 7.09. The smallest absolute Gasteiger partial charge is 0.123 e. The van der Waals surface area contributed by atoms with Gasteiger partial charge in [-0.3, -0.25) is 0 Å². The van der Waals surface area contributed by atoms with Crippen molar-refractivity contribution in [2.75, 3.05) is 0 Å². The highest BCUT2D eigenvalue weighted by Gasteiger charge is 2.20. The van der Waals surface area contributed by atoms with E-state index >= 15 is 0 Å². The molecule has 1 aromatic carbocycles. The van der Waals surface area contributed by atoms with Crippen LogP contribution in [-0.4, -0.2) is 5.11 Å². The zero-order valence-electron chi connectivity index (χ0n) is 10.9. The molecule has 3 heteroatoms. The van der Waals surface area contributed by atoms with Crippen molar-refractivity contribution < 1.29 is 9.50 Å². The number of aliphatic hydroxyl groups excluding tert-OH is 1. The van der Waals surface area contributed by atoms with Gasteiger partial charge >= 0.3 is 0 Å². The lowest BCUT2D eigenvalue weighted by Crippen LogP contribution is -2.10. The molecule has 0 bridgehead atoms. The van der Waals surface area contributed by atoms with Gasteiger partial charge in [-0.25, -0.2) is 4.39 Å². The Kier molecular flexibility index (Phi) is 3.85. The molecule has 0 radical (unpaired) electrons. The largest absolute Gasteiger partial charge is 0.388 e. The Morgan fingerprint density at radius 2 is 2.00 bits per heavy atom. The summed E-state index contributed by atoms with van der Waals surface area (Å²) in [5.74, 6) is 0.448. The van der Waals surface area contributed by atoms with E-state index in [0.29, 0.717) is 5.92 Å². The predicted octanol–water partition coefficient (Wildman–Crippen LogP) is 5.04. The van der Waals surface area contributed by atoms with Crippen molar-refractivity contribution in [2.24, 2.45) is 5.92 Å². The van der Waals surface area contributed by atoms with E-state index in [1.807, 2.05) is 6.07 Å². The zero-order chi connectivity index (χ0) is 13.2. The maximum absolute atomic E-state index is 13.2. The third-order valence-electron chi connectivity index (χ3n) is 4.11. The highest BCUT2D eigenvalue weighted by atomic mass is 32.1. The van der Waals surface area contributed by atoms with E-state index in [9.17, 15) is 9.50 Å². The van der Waals surface area contributed by atoms with Gasteiger partial charge in [0.15, 0.2) is 0 Å². The SMILES string of the molecule is OC(CC1CCCCC1)c1cc2cc(F)ccc2s1. The molecule has 2 aromatic rings. The number of hydrogen-bond acceptors (Lipinski definition) is 2. The molecule has 102 valence electrons. The fraction of sp³-hybridized carbons (Fsp3) is 0.500. The Bertz CT molecular complexity index is 557. The van der Waals surface area contributed by atoms with Gasteiger partial charge in [0.1, 0.15) is 5.82 Å². The van der Waals surface area contributed by atoms with Crippen molar-refractivity contribution >= 4 is 21.4 Å². The van der Waals surface area contributed by atoms with Crippen molar-refractivity contribution in [1.82, 2.24) is 0 Å². The highest BCUT2D eigenvalue weighted by molar-refractivity contribution is 7.19. The summed E-state index contributed by atoms with van der Waals surface area (Å²) in [6.45, 7) is 0. The summed E-state index contributed by atoms with van der Waals surface area (Å²) >= 11 is 1.59. The second-order valence-electron chi connectivity index (χ2n) is 5.59. The molecule has 19 heavy (non-hydrogen) atoms. The van der Waals surface area contributed by atoms with Gasteiger partial charge in [0.25, 0.3) is 0 Å². The van der Waals surface area contributed by atoms with Gasteiger partial charge in [-0.15, -0.1) is 11.3 Å². The number of thiophene rings is 1. The molecular weight excluding hydrogens is 259 g/mol. The first-order chi connectivity index (χ1) is 9.22. The topological polar surface area (TPSA) is 20.2 Å². The number of hydrogen-bond donors (Lipinski definition) is 1. The molecule has 1 unspecified atom stereocenters. The third-order valence-corrected chi connectivity index (χ3v) is 5.32. The number of fused-ring (bicyclic) bond motifs is 1. The molecule has 1 heterocycles. The standard InChI is InChI=1S/C16H19FOS/c17-13-6-7-15-12(9-13)10-16(19-15)14(18)8-11-4-2-1-3-5-11/h6-7,9-11,14,18H,1-5,8H2. The van der Waals surface area contributed by atoms with E-state index in [4.69, 9.17) is 0 Å². The average molecular weight is 278 g/mol. The van der Waals surface area contributed by atoms with E-state index in [1.54, 1.807) is 23.5 Å². The predicted molar refractivity (Wildman–Crippen MR) is 77.9 cm³/mol. The molecule has 1 aliphatic rings. The first-order valence-corrected chi connectivity index (χ1v) is 7.91. The van der Waals surface area contributed by atoms with Crippen LogP contribution in [0.15, 0.2) is 24.3 Å². The quantitative estimate of drug-likeness (QED) is 0.833. The summed E-state index contributed by atoms with van der Waals surface area (Å²) in [6, 6.07) is 6.77. The Balaban J connectivity index is 1.75. The van der Waals surface area contributed by atoms with Crippen LogP contribution in [0, 0.1) is 11.7 Å². The van der Waals surface area contributed by atoms with E-state index in [-0.39, 0.29) is 11.9 Å². The zero-order valence-corrected chi connectivity index (χ0v) is 11.8. The molecule has 1 fully saturated rings. The van der Waals surface area contributed by atoms with Crippen LogP contribution in [0.25, 0.3) is 10.1 Å². The van der Waals surface area contributed by atoms with Crippen molar-refractivity contribution in [2.45, 2.75) is 44.6 Å². The normalized spacial score (nSPS) is 18.8. The van der Waals surface area contributed by atoms with Gasteiger partial charge in [0, 0.05) is 9.58 Å². The Labute approximate surface area is 117 Å². The molecule has 0 saturated heterocycles. The fourth-order valence-corrected chi connectivity index (χ4v) is 4.10. The van der Waals surface area contributed by atoms with Crippen LogP contribution in [-0.2, 0) is 0 Å².